The second kappa shape index (κ2) is 4.20. The van der Waals surface area contributed by atoms with Crippen LogP contribution in [-0.2, 0) is 4.79 Å². The lowest BCUT2D eigenvalue weighted by molar-refractivity contribution is -0.108. The van der Waals surface area contributed by atoms with E-state index in [1.807, 2.05) is 43.3 Å². The van der Waals surface area contributed by atoms with Gasteiger partial charge in [-0.25, -0.2) is 0 Å². The Morgan fingerprint density at radius 2 is 2.12 bits per heavy atom. The molecule has 0 fully saturated rings. The topological polar surface area (TPSA) is 17.1 Å². The molecule has 1 nitrogen and oxygen atoms in total. The molecule has 0 saturated carbocycles. The van der Waals surface area contributed by atoms with Crippen molar-refractivity contribution in [2.45, 2.75) is 12.8 Å². The van der Waals surface area contributed by atoms with Crippen LogP contribution in [0.3, 0.4) is 0 Å². The van der Waals surface area contributed by atoms with Gasteiger partial charge in [-0.15, -0.1) is 6.42 Å². The molecular weight excluding hydrogens is 196 g/mol. The van der Waals surface area contributed by atoms with Crippen molar-refractivity contribution in [3.05, 3.63) is 47.5 Å². The molecule has 0 radical (unpaired) electrons. The summed E-state index contributed by atoms with van der Waals surface area (Å²) in [4.78, 5) is 10.8. The molecule has 1 unspecified atom stereocenters. The smallest absolute Gasteiger partial charge is 0.127 e. The molecule has 0 amide bonds. The highest BCUT2D eigenvalue weighted by Gasteiger charge is 2.07. The van der Waals surface area contributed by atoms with E-state index in [1.54, 1.807) is 0 Å². The molecule has 1 heteroatoms. The highest BCUT2D eigenvalue weighted by atomic mass is 16.1. The third-order valence-electron chi connectivity index (χ3n) is 2.78. The monoisotopic (exact) mass is 208 g/mol. The van der Waals surface area contributed by atoms with Gasteiger partial charge >= 0.3 is 0 Å². The summed E-state index contributed by atoms with van der Waals surface area (Å²) in [6.45, 7) is 1.90. The van der Waals surface area contributed by atoms with Crippen LogP contribution in [-0.4, -0.2) is 6.29 Å². The van der Waals surface area contributed by atoms with Gasteiger partial charge in [0.15, 0.2) is 0 Å². The molecule has 0 aliphatic carbocycles. The molecule has 0 saturated heterocycles. The SMILES string of the molecule is C#Cc1ccc2c(C(C)C=O)cccc2c1. The number of hydrogen-bond donors (Lipinski definition) is 0. The fraction of sp³-hybridized carbons (Fsp3) is 0.133. The zero-order chi connectivity index (χ0) is 11.5. The number of benzene rings is 2. The van der Waals surface area contributed by atoms with E-state index in [2.05, 4.69) is 5.92 Å². The second-order valence-electron chi connectivity index (χ2n) is 3.85. The minimum atomic E-state index is -0.0830. The van der Waals surface area contributed by atoms with Crippen molar-refractivity contribution in [1.82, 2.24) is 0 Å². The summed E-state index contributed by atoms with van der Waals surface area (Å²) in [6, 6.07) is 11.8. The van der Waals surface area contributed by atoms with Gasteiger partial charge in [0.05, 0.1) is 0 Å². The predicted molar refractivity (Wildman–Crippen MR) is 66.4 cm³/mol. The Morgan fingerprint density at radius 3 is 2.81 bits per heavy atom. The first-order chi connectivity index (χ1) is 7.76. The molecule has 2 aromatic carbocycles. The van der Waals surface area contributed by atoms with Crippen LogP contribution >= 0.6 is 0 Å². The molecule has 0 heterocycles. The molecule has 0 aliphatic rings. The van der Waals surface area contributed by atoms with Crippen molar-refractivity contribution in [2.75, 3.05) is 0 Å². The summed E-state index contributed by atoms with van der Waals surface area (Å²) in [5, 5.41) is 2.18. The molecule has 1 atom stereocenters. The quantitative estimate of drug-likeness (QED) is 0.547. The maximum absolute atomic E-state index is 10.8. The summed E-state index contributed by atoms with van der Waals surface area (Å²) >= 11 is 0. The molecule has 78 valence electrons. The highest BCUT2D eigenvalue weighted by Crippen LogP contribution is 2.25. The van der Waals surface area contributed by atoms with E-state index in [0.717, 1.165) is 28.2 Å². The number of hydrogen-bond acceptors (Lipinski definition) is 1. The van der Waals surface area contributed by atoms with Crippen LogP contribution < -0.4 is 0 Å². The number of carbonyl (C=O) groups excluding carboxylic acids is 1. The first-order valence-corrected chi connectivity index (χ1v) is 5.21. The van der Waals surface area contributed by atoms with E-state index in [1.165, 1.54) is 0 Å². The summed E-state index contributed by atoms with van der Waals surface area (Å²) in [5.74, 6) is 2.53. The number of aldehydes is 1. The Balaban J connectivity index is 2.70. The Labute approximate surface area is 95.1 Å². The maximum Gasteiger partial charge on any atom is 0.127 e. The predicted octanol–water partition coefficient (Wildman–Crippen LogP) is 3.12. The Bertz CT molecular complexity index is 575. The van der Waals surface area contributed by atoms with Crippen molar-refractivity contribution in [3.63, 3.8) is 0 Å². The van der Waals surface area contributed by atoms with Gasteiger partial charge in [-0.05, 0) is 28.5 Å². The molecule has 0 bridgehead atoms. The lowest BCUT2D eigenvalue weighted by atomic mass is 9.95. The molecular formula is C15H12O. The average molecular weight is 208 g/mol. The number of fused-ring (bicyclic) bond motifs is 1. The van der Waals surface area contributed by atoms with Crippen LogP contribution in [0.2, 0.25) is 0 Å². The van der Waals surface area contributed by atoms with Crippen molar-refractivity contribution in [1.29, 1.82) is 0 Å². The van der Waals surface area contributed by atoms with E-state index in [-0.39, 0.29) is 5.92 Å². The van der Waals surface area contributed by atoms with Crippen molar-refractivity contribution in [3.8, 4) is 12.3 Å². The van der Waals surface area contributed by atoms with Crippen LogP contribution in [0, 0.1) is 12.3 Å². The normalized spacial score (nSPS) is 12.0. The molecule has 16 heavy (non-hydrogen) atoms. The van der Waals surface area contributed by atoms with Crippen molar-refractivity contribution in [2.24, 2.45) is 0 Å². The molecule has 2 aromatic rings. The standard InChI is InChI=1S/C15H12O/c1-3-12-7-8-15-13(9-12)5-4-6-14(15)11(2)10-16/h1,4-11H,2H3. The van der Waals surface area contributed by atoms with Gasteiger partial charge < -0.3 is 4.79 Å². The average Bonchev–Trinajstić information content (AvgIpc) is 2.36. The van der Waals surface area contributed by atoms with Crippen LogP contribution in [0.25, 0.3) is 10.8 Å². The van der Waals surface area contributed by atoms with E-state index in [9.17, 15) is 4.79 Å². The lowest BCUT2D eigenvalue weighted by Gasteiger charge is -2.09. The first-order valence-electron chi connectivity index (χ1n) is 5.21. The van der Waals surface area contributed by atoms with Crippen LogP contribution in [0.1, 0.15) is 24.0 Å². The molecule has 0 N–H and O–H groups in total. The lowest BCUT2D eigenvalue weighted by Crippen LogP contribution is -1.95. The van der Waals surface area contributed by atoms with Gasteiger partial charge in [0, 0.05) is 11.5 Å². The minimum absolute atomic E-state index is 0.0830. The Kier molecular flexibility index (Phi) is 2.74. The van der Waals surface area contributed by atoms with E-state index in [4.69, 9.17) is 6.42 Å². The van der Waals surface area contributed by atoms with E-state index in [0.29, 0.717) is 0 Å². The minimum Gasteiger partial charge on any atom is -0.303 e. The summed E-state index contributed by atoms with van der Waals surface area (Å²) in [6.07, 6.45) is 6.32. The largest absolute Gasteiger partial charge is 0.303 e. The number of rotatable bonds is 2. The molecule has 0 spiro atoms. The molecule has 2 rings (SSSR count). The summed E-state index contributed by atoms with van der Waals surface area (Å²) in [7, 11) is 0. The molecule has 0 aromatic heterocycles. The van der Waals surface area contributed by atoms with Gasteiger partial charge in [-0.1, -0.05) is 37.1 Å². The summed E-state index contributed by atoms with van der Waals surface area (Å²) in [5.41, 5.74) is 1.92. The van der Waals surface area contributed by atoms with Crippen molar-refractivity contribution >= 4 is 17.1 Å². The van der Waals surface area contributed by atoms with Crippen molar-refractivity contribution < 1.29 is 4.79 Å². The Morgan fingerprint density at radius 1 is 1.31 bits per heavy atom. The third kappa shape index (κ3) is 1.70. The van der Waals surface area contributed by atoms with Crippen LogP contribution in [0.15, 0.2) is 36.4 Å². The van der Waals surface area contributed by atoms with Gasteiger partial charge in [0.2, 0.25) is 0 Å². The second-order valence-corrected chi connectivity index (χ2v) is 3.85. The number of terminal acetylenes is 1. The van der Waals surface area contributed by atoms with Crippen LogP contribution in [0.5, 0.6) is 0 Å². The van der Waals surface area contributed by atoms with Gasteiger partial charge in [-0.2, -0.15) is 0 Å². The van der Waals surface area contributed by atoms with E-state index < -0.39 is 0 Å². The van der Waals surface area contributed by atoms with Gasteiger partial charge in [0.1, 0.15) is 6.29 Å². The number of carbonyl (C=O) groups is 1. The molecule has 0 aliphatic heterocycles. The third-order valence-corrected chi connectivity index (χ3v) is 2.78. The van der Waals surface area contributed by atoms with Gasteiger partial charge in [-0.3, -0.25) is 0 Å². The van der Waals surface area contributed by atoms with Gasteiger partial charge in [0.25, 0.3) is 0 Å². The fourth-order valence-electron chi connectivity index (χ4n) is 1.87. The maximum atomic E-state index is 10.8. The highest BCUT2D eigenvalue weighted by molar-refractivity contribution is 5.89. The zero-order valence-corrected chi connectivity index (χ0v) is 9.10. The zero-order valence-electron chi connectivity index (χ0n) is 9.10. The summed E-state index contributed by atoms with van der Waals surface area (Å²) < 4.78 is 0. The van der Waals surface area contributed by atoms with E-state index >= 15 is 0 Å². The first kappa shape index (κ1) is 10.4. The van der Waals surface area contributed by atoms with Crippen LogP contribution in [0.4, 0.5) is 0 Å². The Hall–Kier alpha value is -2.07. The fourth-order valence-corrected chi connectivity index (χ4v) is 1.87.